The summed E-state index contributed by atoms with van der Waals surface area (Å²) in [6.45, 7) is 1.32. The fourth-order valence-electron chi connectivity index (χ4n) is 3.23. The molecule has 0 radical (unpaired) electrons. The lowest BCUT2D eigenvalue weighted by atomic mass is 10.1. The van der Waals surface area contributed by atoms with E-state index in [1.54, 1.807) is 0 Å². The highest BCUT2D eigenvalue weighted by Crippen LogP contribution is 2.07. The van der Waals surface area contributed by atoms with Gasteiger partial charge in [-0.2, -0.15) is 0 Å². The summed E-state index contributed by atoms with van der Waals surface area (Å²) in [5, 5.41) is 19.9. The Kier molecular flexibility index (Phi) is 12.6. The van der Waals surface area contributed by atoms with Gasteiger partial charge in [-0.05, 0) is 71.0 Å². The van der Waals surface area contributed by atoms with E-state index >= 15 is 0 Å². The van der Waals surface area contributed by atoms with E-state index in [-0.39, 0.29) is 24.9 Å². The molecule has 172 valence electrons. The fraction of sp³-hybridized carbons (Fsp3) is 0.789. The molecular weight excluding hydrogens is 392 g/mol. The molecule has 30 heavy (non-hydrogen) atoms. The highest BCUT2D eigenvalue weighted by atomic mass is 16.4. The van der Waals surface area contributed by atoms with Crippen molar-refractivity contribution in [2.45, 2.75) is 69.5 Å². The van der Waals surface area contributed by atoms with Gasteiger partial charge in [0, 0.05) is 0 Å². The molecule has 1 rings (SSSR count). The Morgan fingerprint density at radius 2 is 1.60 bits per heavy atom. The molecule has 1 aliphatic rings. The van der Waals surface area contributed by atoms with Crippen LogP contribution in [0, 0.1) is 0 Å². The summed E-state index contributed by atoms with van der Waals surface area (Å²) in [5.74, 6) is -2.46. The quantitative estimate of drug-likeness (QED) is 0.148. The van der Waals surface area contributed by atoms with Crippen LogP contribution < -0.4 is 32.7 Å². The Balaban J connectivity index is 2.53. The van der Waals surface area contributed by atoms with Gasteiger partial charge in [-0.25, -0.2) is 4.79 Å². The average Bonchev–Trinajstić information content (AvgIpc) is 3.25. The van der Waals surface area contributed by atoms with Gasteiger partial charge in [-0.1, -0.05) is 0 Å². The zero-order chi connectivity index (χ0) is 22.4. The number of rotatable bonds is 15. The maximum atomic E-state index is 12.5. The van der Waals surface area contributed by atoms with E-state index in [2.05, 4.69) is 21.3 Å². The van der Waals surface area contributed by atoms with E-state index in [1.165, 1.54) is 0 Å². The van der Waals surface area contributed by atoms with Crippen LogP contribution in [0.2, 0.25) is 0 Å². The van der Waals surface area contributed by atoms with Gasteiger partial charge in [0.05, 0.1) is 12.6 Å². The molecule has 3 unspecified atom stereocenters. The molecule has 9 N–H and O–H groups in total. The van der Waals surface area contributed by atoms with Crippen molar-refractivity contribution in [2.75, 3.05) is 26.2 Å². The van der Waals surface area contributed by atoms with Gasteiger partial charge in [0.2, 0.25) is 17.7 Å². The van der Waals surface area contributed by atoms with Crippen LogP contribution in [-0.2, 0) is 19.2 Å². The minimum Gasteiger partial charge on any atom is -0.480 e. The van der Waals surface area contributed by atoms with Crippen molar-refractivity contribution in [1.82, 2.24) is 21.3 Å². The van der Waals surface area contributed by atoms with E-state index < -0.39 is 29.9 Å². The number of unbranched alkanes of at least 4 members (excludes halogenated alkanes) is 2. The second-order valence-electron chi connectivity index (χ2n) is 7.46. The molecule has 1 heterocycles. The third-order valence-corrected chi connectivity index (χ3v) is 4.96. The summed E-state index contributed by atoms with van der Waals surface area (Å²) in [6.07, 6.45) is 4.88. The Bertz CT molecular complexity index is 568. The Morgan fingerprint density at radius 1 is 0.967 bits per heavy atom. The van der Waals surface area contributed by atoms with Crippen LogP contribution in [0.15, 0.2) is 0 Å². The predicted molar refractivity (Wildman–Crippen MR) is 111 cm³/mol. The van der Waals surface area contributed by atoms with E-state index in [9.17, 15) is 24.3 Å². The molecule has 11 nitrogen and oxygen atoms in total. The largest absolute Gasteiger partial charge is 0.480 e. The van der Waals surface area contributed by atoms with Crippen molar-refractivity contribution in [2.24, 2.45) is 11.5 Å². The number of nitrogens with one attached hydrogen (secondary N) is 4. The minimum atomic E-state index is -1.14. The highest BCUT2D eigenvalue weighted by molar-refractivity contribution is 5.92. The molecule has 1 saturated heterocycles. The monoisotopic (exact) mass is 428 g/mol. The van der Waals surface area contributed by atoms with Gasteiger partial charge < -0.3 is 37.8 Å². The first-order valence-electron chi connectivity index (χ1n) is 10.6. The number of hydrogen-bond acceptors (Lipinski definition) is 7. The molecule has 3 atom stereocenters. The lowest BCUT2D eigenvalue weighted by molar-refractivity contribution is -0.142. The topological polar surface area (TPSA) is 189 Å². The molecule has 11 heteroatoms. The average molecular weight is 429 g/mol. The number of carbonyl (C=O) groups is 4. The second kappa shape index (κ2) is 14.7. The molecule has 1 fully saturated rings. The number of hydrogen-bond donors (Lipinski definition) is 7. The summed E-state index contributed by atoms with van der Waals surface area (Å²) in [7, 11) is 0. The zero-order valence-corrected chi connectivity index (χ0v) is 17.5. The van der Waals surface area contributed by atoms with Crippen LogP contribution in [-0.4, -0.2) is 73.1 Å². The van der Waals surface area contributed by atoms with Crippen molar-refractivity contribution in [3.05, 3.63) is 0 Å². The molecule has 0 bridgehead atoms. The van der Waals surface area contributed by atoms with Crippen LogP contribution >= 0.6 is 0 Å². The van der Waals surface area contributed by atoms with E-state index in [1.807, 2.05) is 0 Å². The summed E-state index contributed by atoms with van der Waals surface area (Å²) in [6, 6.07) is -2.13. The summed E-state index contributed by atoms with van der Waals surface area (Å²) >= 11 is 0. The van der Waals surface area contributed by atoms with E-state index in [0.717, 1.165) is 13.0 Å². The number of nitrogens with two attached hydrogens (primary N) is 2. The first-order chi connectivity index (χ1) is 14.4. The molecular formula is C19H36N6O5. The first-order valence-corrected chi connectivity index (χ1v) is 10.6. The van der Waals surface area contributed by atoms with Gasteiger partial charge in [-0.15, -0.1) is 0 Å². The first kappa shape index (κ1) is 25.8. The molecule has 0 aliphatic carbocycles. The minimum absolute atomic E-state index is 0.240. The standard InChI is InChI=1S/C19H36N6O5/c20-9-3-1-6-14(25-18(28)13-8-5-11-22-13)17(27)23-12-16(26)24-15(19(29)30)7-2-4-10-21/h13-15,22H,1-12,20-21H2,(H,23,27)(H,24,26)(H,25,28)(H,29,30). The summed E-state index contributed by atoms with van der Waals surface area (Å²) < 4.78 is 0. The van der Waals surface area contributed by atoms with Crippen LogP contribution in [0.1, 0.15) is 51.4 Å². The van der Waals surface area contributed by atoms with Crippen LogP contribution in [0.4, 0.5) is 0 Å². The Morgan fingerprint density at radius 3 is 2.13 bits per heavy atom. The second-order valence-corrected chi connectivity index (χ2v) is 7.46. The zero-order valence-electron chi connectivity index (χ0n) is 17.5. The lowest BCUT2D eigenvalue weighted by Gasteiger charge is -2.21. The molecule has 3 amide bonds. The Hall–Kier alpha value is -2.24. The maximum Gasteiger partial charge on any atom is 0.326 e. The van der Waals surface area contributed by atoms with Crippen molar-refractivity contribution in [3.8, 4) is 0 Å². The van der Waals surface area contributed by atoms with Gasteiger partial charge in [0.1, 0.15) is 12.1 Å². The molecule has 0 aromatic carbocycles. The van der Waals surface area contributed by atoms with Crippen LogP contribution in [0.25, 0.3) is 0 Å². The van der Waals surface area contributed by atoms with Gasteiger partial charge in [0.15, 0.2) is 0 Å². The van der Waals surface area contributed by atoms with Gasteiger partial charge in [0.25, 0.3) is 0 Å². The van der Waals surface area contributed by atoms with Gasteiger partial charge >= 0.3 is 5.97 Å². The number of carboxylic acids is 1. The van der Waals surface area contributed by atoms with Crippen molar-refractivity contribution >= 4 is 23.7 Å². The normalized spacial score (nSPS) is 17.7. The molecule has 1 aliphatic heterocycles. The molecule has 0 aromatic heterocycles. The number of aliphatic carboxylic acids is 1. The molecule has 0 spiro atoms. The molecule has 0 aromatic rings. The van der Waals surface area contributed by atoms with E-state index in [0.29, 0.717) is 51.6 Å². The maximum absolute atomic E-state index is 12.5. The van der Waals surface area contributed by atoms with Crippen molar-refractivity contribution in [3.63, 3.8) is 0 Å². The van der Waals surface area contributed by atoms with Crippen LogP contribution in [0.5, 0.6) is 0 Å². The van der Waals surface area contributed by atoms with Crippen molar-refractivity contribution < 1.29 is 24.3 Å². The number of amides is 3. The number of carbonyl (C=O) groups excluding carboxylic acids is 3. The highest BCUT2D eigenvalue weighted by Gasteiger charge is 2.27. The third-order valence-electron chi connectivity index (χ3n) is 4.96. The van der Waals surface area contributed by atoms with Crippen LogP contribution in [0.3, 0.4) is 0 Å². The lowest BCUT2D eigenvalue weighted by Crippen LogP contribution is -2.53. The fourth-order valence-corrected chi connectivity index (χ4v) is 3.23. The summed E-state index contributed by atoms with van der Waals surface area (Å²) in [4.78, 5) is 48.2. The third kappa shape index (κ3) is 9.99. The van der Waals surface area contributed by atoms with Gasteiger partial charge in [-0.3, -0.25) is 14.4 Å². The summed E-state index contributed by atoms with van der Waals surface area (Å²) in [5.41, 5.74) is 10.9. The van der Waals surface area contributed by atoms with Crippen molar-refractivity contribution in [1.29, 1.82) is 0 Å². The van der Waals surface area contributed by atoms with E-state index in [4.69, 9.17) is 11.5 Å². The predicted octanol–water partition coefficient (Wildman–Crippen LogP) is -1.83. The number of carboxylic acid groups (broad SMARTS) is 1. The SMILES string of the molecule is NCCCCC(NC(=O)CNC(=O)C(CCCCN)NC(=O)C1CCCN1)C(=O)O. The molecule has 0 saturated carbocycles. The Labute approximate surface area is 177 Å². The smallest absolute Gasteiger partial charge is 0.326 e.